The average Bonchev–Trinajstić information content (AvgIpc) is 3.58. The maximum atomic E-state index is 13.1. The first-order chi connectivity index (χ1) is 17.4. The number of carbonyl (C=O) groups excluding carboxylic acids is 1. The highest BCUT2D eigenvalue weighted by molar-refractivity contribution is 7.92. The van der Waals surface area contributed by atoms with Crippen molar-refractivity contribution in [1.82, 2.24) is 4.98 Å². The molecule has 1 aromatic heterocycles. The maximum Gasteiger partial charge on any atom is 0.257 e. The zero-order valence-corrected chi connectivity index (χ0v) is 23.3. The summed E-state index contributed by atoms with van der Waals surface area (Å²) in [7, 11) is -3.27. The van der Waals surface area contributed by atoms with E-state index in [1.54, 1.807) is 42.5 Å². The molecule has 2 aromatic carbocycles. The van der Waals surface area contributed by atoms with Gasteiger partial charge in [-0.2, -0.15) is 0 Å². The number of carbonyl (C=O) groups is 1. The Kier molecular flexibility index (Phi) is 7.75. The lowest BCUT2D eigenvalue weighted by Crippen LogP contribution is -2.14. The van der Waals surface area contributed by atoms with Gasteiger partial charge in [-0.05, 0) is 69.2 Å². The van der Waals surface area contributed by atoms with Gasteiger partial charge >= 0.3 is 0 Å². The highest BCUT2D eigenvalue weighted by atomic mass is 32.2. The van der Waals surface area contributed by atoms with E-state index in [-0.39, 0.29) is 16.6 Å². The van der Waals surface area contributed by atoms with Crippen LogP contribution in [0.15, 0.2) is 64.4 Å². The van der Waals surface area contributed by atoms with Gasteiger partial charge < -0.3 is 9.47 Å². The number of hydrogen-bond donors (Lipinski definition) is 1. The third-order valence-electron chi connectivity index (χ3n) is 5.73. The van der Waals surface area contributed by atoms with Gasteiger partial charge in [0.25, 0.3) is 5.91 Å². The Labute approximate surface area is 222 Å². The molecule has 1 aliphatic rings. The zero-order chi connectivity index (χ0) is 26.8. The Bertz CT molecular complexity index is 1410. The van der Waals surface area contributed by atoms with Crippen LogP contribution in [0, 0.1) is 0 Å². The number of hydrogen-bond acceptors (Lipinski definition) is 7. The van der Waals surface area contributed by atoms with Crippen LogP contribution in [0.4, 0.5) is 5.13 Å². The van der Waals surface area contributed by atoms with Gasteiger partial charge in [-0.1, -0.05) is 26.3 Å². The number of anilines is 1. The monoisotopic (exact) mass is 540 g/mol. The van der Waals surface area contributed by atoms with Crippen molar-refractivity contribution in [2.24, 2.45) is 0 Å². The summed E-state index contributed by atoms with van der Waals surface area (Å²) in [5.41, 5.74) is 2.25. The molecule has 1 N–H and O–H groups in total. The van der Waals surface area contributed by atoms with E-state index < -0.39 is 9.84 Å². The largest absolute Gasteiger partial charge is 0.489 e. The van der Waals surface area contributed by atoms with Crippen molar-refractivity contribution in [3.05, 3.63) is 70.8 Å². The minimum absolute atomic E-state index is 0.118. The van der Waals surface area contributed by atoms with Crippen LogP contribution in [0.1, 0.15) is 63.5 Å². The number of aromatic nitrogens is 1. The minimum atomic E-state index is -3.27. The molecule has 4 rings (SSSR count). The smallest absolute Gasteiger partial charge is 0.257 e. The van der Waals surface area contributed by atoms with Crippen LogP contribution in [-0.4, -0.2) is 31.2 Å². The Hall–Kier alpha value is -3.17. The molecular formula is C28H32N2O5S2. The fourth-order valence-corrected chi connectivity index (χ4v) is 5.99. The van der Waals surface area contributed by atoms with Gasteiger partial charge in [0.15, 0.2) is 15.0 Å². The summed E-state index contributed by atoms with van der Waals surface area (Å²) < 4.78 is 36.8. The number of nitrogens with zero attached hydrogens (tertiary/aromatic N) is 1. The van der Waals surface area contributed by atoms with Crippen molar-refractivity contribution in [3.8, 4) is 17.2 Å². The van der Waals surface area contributed by atoms with E-state index in [4.69, 9.17) is 9.47 Å². The Morgan fingerprint density at radius 3 is 2.35 bits per heavy atom. The lowest BCUT2D eigenvalue weighted by atomic mass is 9.93. The van der Waals surface area contributed by atoms with E-state index in [2.05, 4.69) is 31.1 Å². The summed E-state index contributed by atoms with van der Waals surface area (Å²) in [6.07, 6.45) is 3.36. The van der Waals surface area contributed by atoms with Gasteiger partial charge in [0.1, 0.15) is 23.9 Å². The van der Waals surface area contributed by atoms with Gasteiger partial charge in [0.2, 0.25) is 0 Å². The van der Waals surface area contributed by atoms with E-state index >= 15 is 0 Å². The second-order valence-corrected chi connectivity index (χ2v) is 13.4. The molecule has 7 nitrogen and oxygen atoms in total. The molecule has 1 aliphatic carbocycles. The van der Waals surface area contributed by atoms with E-state index in [1.807, 2.05) is 25.3 Å². The van der Waals surface area contributed by atoms with Crippen molar-refractivity contribution in [2.75, 3.05) is 11.9 Å². The molecule has 0 unspecified atom stereocenters. The zero-order valence-electron chi connectivity index (χ0n) is 21.7. The van der Waals surface area contributed by atoms with E-state index in [0.29, 0.717) is 52.3 Å². The molecule has 0 radical (unpaired) electrons. The molecule has 1 fully saturated rings. The van der Waals surface area contributed by atoms with Crippen LogP contribution < -0.4 is 14.8 Å². The van der Waals surface area contributed by atoms with E-state index in [1.165, 1.54) is 11.3 Å². The van der Waals surface area contributed by atoms with E-state index in [9.17, 15) is 13.2 Å². The van der Waals surface area contributed by atoms with Crippen molar-refractivity contribution in [3.63, 3.8) is 0 Å². The standard InChI is InChI=1S/C28H32N2O5S2/c1-18(2)12-13-34-21-14-19(26(31)30-27-29-25(17-36-27)28(3,4)5)15-22(16-21)35-20-6-8-23(9-7-20)37(32,33)24-10-11-24/h6-9,12,14-17,24H,10-11,13H2,1-5H3,(H,29,30,31). The summed E-state index contributed by atoms with van der Waals surface area (Å²) in [6, 6.07) is 11.3. The number of allylic oxidation sites excluding steroid dienone is 1. The van der Waals surface area contributed by atoms with Crippen LogP contribution >= 0.6 is 11.3 Å². The van der Waals surface area contributed by atoms with Gasteiger partial charge in [-0.25, -0.2) is 13.4 Å². The normalized spacial score (nSPS) is 13.6. The van der Waals surface area contributed by atoms with Gasteiger partial charge in [0, 0.05) is 22.4 Å². The van der Waals surface area contributed by atoms with Crippen LogP contribution in [0.2, 0.25) is 0 Å². The lowest BCUT2D eigenvalue weighted by Gasteiger charge is -2.14. The van der Waals surface area contributed by atoms with Gasteiger partial charge in [-0.3, -0.25) is 10.1 Å². The second kappa shape index (κ2) is 10.7. The van der Waals surface area contributed by atoms with Crippen molar-refractivity contribution >= 4 is 32.2 Å². The highest BCUT2D eigenvalue weighted by Crippen LogP contribution is 2.35. The predicted octanol–water partition coefficient (Wildman–Crippen LogP) is 6.77. The molecule has 0 atom stereocenters. The van der Waals surface area contributed by atoms with Gasteiger partial charge in [0.05, 0.1) is 15.8 Å². The highest BCUT2D eigenvalue weighted by Gasteiger charge is 2.36. The second-order valence-electron chi connectivity index (χ2n) is 10.3. The summed E-state index contributed by atoms with van der Waals surface area (Å²) >= 11 is 1.37. The van der Waals surface area contributed by atoms with Crippen molar-refractivity contribution < 1.29 is 22.7 Å². The van der Waals surface area contributed by atoms with Crippen LogP contribution in [0.3, 0.4) is 0 Å². The summed E-state index contributed by atoms with van der Waals surface area (Å²) in [6.45, 7) is 10.5. The fourth-order valence-electron chi connectivity index (χ4n) is 3.40. The van der Waals surface area contributed by atoms with Crippen molar-refractivity contribution in [1.29, 1.82) is 0 Å². The Balaban J connectivity index is 1.56. The number of sulfone groups is 1. The Morgan fingerprint density at radius 1 is 1.08 bits per heavy atom. The molecule has 1 amide bonds. The number of amides is 1. The number of rotatable bonds is 9. The molecule has 1 heterocycles. The molecular weight excluding hydrogens is 508 g/mol. The van der Waals surface area contributed by atoms with E-state index in [0.717, 1.165) is 11.3 Å². The van der Waals surface area contributed by atoms with Crippen LogP contribution in [0.5, 0.6) is 17.2 Å². The summed E-state index contributed by atoms with van der Waals surface area (Å²) in [5.74, 6) is 0.991. The quantitative estimate of drug-likeness (QED) is 0.301. The predicted molar refractivity (Wildman–Crippen MR) is 147 cm³/mol. The van der Waals surface area contributed by atoms with Crippen LogP contribution in [0.25, 0.3) is 0 Å². The average molecular weight is 541 g/mol. The van der Waals surface area contributed by atoms with Gasteiger partial charge in [-0.15, -0.1) is 11.3 Å². The summed E-state index contributed by atoms with van der Waals surface area (Å²) in [5, 5.41) is 5.05. The maximum absolute atomic E-state index is 13.1. The molecule has 196 valence electrons. The fraction of sp³-hybridized carbons (Fsp3) is 0.357. The molecule has 0 aliphatic heterocycles. The number of ether oxygens (including phenoxy) is 2. The molecule has 0 spiro atoms. The molecule has 0 saturated heterocycles. The lowest BCUT2D eigenvalue weighted by molar-refractivity contribution is 0.102. The number of nitrogens with one attached hydrogen (secondary N) is 1. The molecule has 3 aromatic rings. The number of thiazole rings is 1. The summed E-state index contributed by atoms with van der Waals surface area (Å²) in [4.78, 5) is 17.9. The van der Waals surface area contributed by atoms with Crippen molar-refractivity contribution in [2.45, 2.75) is 63.0 Å². The third kappa shape index (κ3) is 6.99. The Morgan fingerprint density at radius 2 is 1.76 bits per heavy atom. The topological polar surface area (TPSA) is 94.6 Å². The molecule has 1 saturated carbocycles. The minimum Gasteiger partial charge on any atom is -0.489 e. The number of benzene rings is 2. The SMILES string of the molecule is CC(C)=CCOc1cc(Oc2ccc(S(=O)(=O)C3CC3)cc2)cc(C(=O)Nc2nc(C(C)(C)C)cs2)c1. The van der Waals surface area contributed by atoms with Crippen LogP contribution in [-0.2, 0) is 15.3 Å². The first-order valence-electron chi connectivity index (χ1n) is 12.1. The molecule has 0 bridgehead atoms. The third-order valence-corrected chi connectivity index (χ3v) is 8.76. The first kappa shape index (κ1) is 26.9. The molecule has 37 heavy (non-hydrogen) atoms. The molecule has 9 heteroatoms. The first-order valence-corrected chi connectivity index (χ1v) is 14.5.